The van der Waals surface area contributed by atoms with Crippen molar-refractivity contribution < 1.29 is 0 Å². The number of nitrogens with one attached hydrogen (secondary N) is 1. The van der Waals surface area contributed by atoms with E-state index in [1.807, 2.05) is 6.20 Å². The standard InChI is InChI=1S/C11H18N2/c1-2-4-6-10(7-5-3-1)11-8-12-13-9-11/h8-10H,1-7H2,(H,12,13). The van der Waals surface area contributed by atoms with Gasteiger partial charge in [0.2, 0.25) is 0 Å². The lowest BCUT2D eigenvalue weighted by Crippen LogP contribution is -2.00. The van der Waals surface area contributed by atoms with Gasteiger partial charge < -0.3 is 0 Å². The summed E-state index contributed by atoms with van der Waals surface area (Å²) in [6.07, 6.45) is 13.9. The molecule has 0 atom stereocenters. The molecule has 1 aliphatic carbocycles. The molecule has 2 nitrogen and oxygen atoms in total. The first-order chi connectivity index (χ1) is 6.47. The van der Waals surface area contributed by atoms with Crippen LogP contribution in [0.15, 0.2) is 12.4 Å². The van der Waals surface area contributed by atoms with Crippen molar-refractivity contribution in [2.24, 2.45) is 0 Å². The summed E-state index contributed by atoms with van der Waals surface area (Å²) in [5.41, 5.74) is 1.42. The van der Waals surface area contributed by atoms with Gasteiger partial charge in [-0.1, -0.05) is 32.1 Å². The number of aromatic amines is 1. The third-order valence-corrected chi connectivity index (χ3v) is 3.10. The molecule has 0 saturated heterocycles. The quantitative estimate of drug-likeness (QED) is 0.702. The minimum atomic E-state index is 0.777. The fourth-order valence-corrected chi connectivity index (χ4v) is 2.27. The number of aromatic nitrogens is 2. The van der Waals surface area contributed by atoms with E-state index in [0.29, 0.717) is 0 Å². The minimum absolute atomic E-state index is 0.777. The van der Waals surface area contributed by atoms with E-state index in [2.05, 4.69) is 16.4 Å². The van der Waals surface area contributed by atoms with E-state index >= 15 is 0 Å². The van der Waals surface area contributed by atoms with Crippen LogP contribution in [0.2, 0.25) is 0 Å². The van der Waals surface area contributed by atoms with Crippen LogP contribution in [-0.2, 0) is 0 Å². The summed E-state index contributed by atoms with van der Waals surface area (Å²) < 4.78 is 0. The lowest BCUT2D eigenvalue weighted by molar-refractivity contribution is 0.456. The molecule has 0 spiro atoms. The summed E-state index contributed by atoms with van der Waals surface area (Å²) in [5, 5.41) is 6.94. The summed E-state index contributed by atoms with van der Waals surface area (Å²) >= 11 is 0. The Hall–Kier alpha value is -0.790. The molecular formula is C11H18N2. The van der Waals surface area contributed by atoms with Gasteiger partial charge in [-0.15, -0.1) is 0 Å². The second kappa shape index (κ2) is 4.45. The molecule has 0 bridgehead atoms. The normalized spacial score (nSPS) is 20.9. The van der Waals surface area contributed by atoms with E-state index in [9.17, 15) is 0 Å². The minimum Gasteiger partial charge on any atom is -0.285 e. The Morgan fingerprint density at radius 1 is 1.08 bits per heavy atom. The zero-order valence-electron chi connectivity index (χ0n) is 8.13. The molecule has 1 aliphatic rings. The van der Waals surface area contributed by atoms with Crippen LogP contribution in [0.3, 0.4) is 0 Å². The molecule has 2 rings (SSSR count). The zero-order chi connectivity index (χ0) is 8.93. The average Bonchev–Trinajstić information content (AvgIpc) is 2.55. The van der Waals surface area contributed by atoms with Crippen molar-refractivity contribution in [1.29, 1.82) is 0 Å². The molecule has 1 fully saturated rings. The molecule has 1 aromatic heterocycles. The Labute approximate surface area is 79.7 Å². The Morgan fingerprint density at radius 2 is 1.77 bits per heavy atom. The van der Waals surface area contributed by atoms with Crippen molar-refractivity contribution in [1.82, 2.24) is 10.2 Å². The number of hydrogen-bond acceptors (Lipinski definition) is 1. The Balaban J connectivity index is 1.96. The highest BCUT2D eigenvalue weighted by Gasteiger charge is 2.13. The predicted molar refractivity (Wildman–Crippen MR) is 53.6 cm³/mol. The molecule has 0 aromatic carbocycles. The van der Waals surface area contributed by atoms with Gasteiger partial charge in [0.15, 0.2) is 0 Å². The molecular weight excluding hydrogens is 160 g/mol. The molecule has 0 radical (unpaired) electrons. The van der Waals surface area contributed by atoms with Crippen LogP contribution in [0, 0.1) is 0 Å². The first-order valence-electron chi connectivity index (χ1n) is 5.45. The van der Waals surface area contributed by atoms with Gasteiger partial charge in [-0.05, 0) is 24.3 Å². The number of H-pyrrole nitrogens is 1. The van der Waals surface area contributed by atoms with Gasteiger partial charge in [-0.25, -0.2) is 0 Å². The van der Waals surface area contributed by atoms with Crippen LogP contribution in [-0.4, -0.2) is 10.2 Å². The van der Waals surface area contributed by atoms with Crippen LogP contribution in [0.25, 0.3) is 0 Å². The molecule has 0 amide bonds. The van der Waals surface area contributed by atoms with Gasteiger partial charge in [0.1, 0.15) is 0 Å². The van der Waals surface area contributed by atoms with Crippen molar-refractivity contribution >= 4 is 0 Å². The molecule has 1 aromatic rings. The second-order valence-electron chi connectivity index (χ2n) is 4.07. The molecule has 72 valence electrons. The van der Waals surface area contributed by atoms with E-state index in [0.717, 1.165) is 5.92 Å². The highest BCUT2D eigenvalue weighted by atomic mass is 15.1. The summed E-state index contributed by atoms with van der Waals surface area (Å²) in [6, 6.07) is 0. The Bertz CT molecular complexity index is 220. The molecule has 1 N–H and O–H groups in total. The monoisotopic (exact) mass is 178 g/mol. The number of rotatable bonds is 1. The maximum atomic E-state index is 4.03. The predicted octanol–water partition coefficient (Wildman–Crippen LogP) is 3.24. The van der Waals surface area contributed by atoms with Crippen molar-refractivity contribution in [3.63, 3.8) is 0 Å². The van der Waals surface area contributed by atoms with Gasteiger partial charge in [0, 0.05) is 6.20 Å². The Kier molecular flexibility index (Phi) is 3.01. The summed E-state index contributed by atoms with van der Waals surface area (Å²) in [5.74, 6) is 0.777. The van der Waals surface area contributed by atoms with Crippen LogP contribution in [0.1, 0.15) is 56.4 Å². The number of hydrogen-bond donors (Lipinski definition) is 1. The van der Waals surface area contributed by atoms with E-state index < -0.39 is 0 Å². The SMILES string of the molecule is c1n[nH]cc1C1CCCCCCC1. The zero-order valence-corrected chi connectivity index (χ0v) is 8.13. The summed E-state index contributed by atoms with van der Waals surface area (Å²) in [4.78, 5) is 0. The van der Waals surface area contributed by atoms with Crippen molar-refractivity contribution in [2.75, 3.05) is 0 Å². The lowest BCUT2D eigenvalue weighted by atomic mass is 9.87. The maximum absolute atomic E-state index is 4.03. The van der Waals surface area contributed by atoms with Gasteiger partial charge in [0.05, 0.1) is 6.20 Å². The summed E-state index contributed by atoms with van der Waals surface area (Å²) in [7, 11) is 0. The third kappa shape index (κ3) is 2.33. The maximum Gasteiger partial charge on any atom is 0.0522 e. The first-order valence-corrected chi connectivity index (χ1v) is 5.45. The largest absolute Gasteiger partial charge is 0.285 e. The molecule has 0 unspecified atom stereocenters. The lowest BCUT2D eigenvalue weighted by Gasteiger charge is -2.17. The fraction of sp³-hybridized carbons (Fsp3) is 0.727. The second-order valence-corrected chi connectivity index (χ2v) is 4.07. The van der Waals surface area contributed by atoms with E-state index in [4.69, 9.17) is 0 Å². The van der Waals surface area contributed by atoms with E-state index in [1.165, 1.54) is 50.5 Å². The summed E-state index contributed by atoms with van der Waals surface area (Å²) in [6.45, 7) is 0. The Morgan fingerprint density at radius 3 is 2.38 bits per heavy atom. The van der Waals surface area contributed by atoms with Crippen LogP contribution < -0.4 is 0 Å². The molecule has 1 saturated carbocycles. The molecule has 1 heterocycles. The van der Waals surface area contributed by atoms with Crippen LogP contribution in [0.4, 0.5) is 0 Å². The molecule has 2 heteroatoms. The first kappa shape index (κ1) is 8.79. The van der Waals surface area contributed by atoms with Gasteiger partial charge in [0.25, 0.3) is 0 Å². The van der Waals surface area contributed by atoms with Crippen LogP contribution in [0.5, 0.6) is 0 Å². The smallest absolute Gasteiger partial charge is 0.0522 e. The molecule has 0 aliphatic heterocycles. The van der Waals surface area contributed by atoms with Crippen molar-refractivity contribution in [3.8, 4) is 0 Å². The molecule has 13 heavy (non-hydrogen) atoms. The fourth-order valence-electron chi connectivity index (χ4n) is 2.27. The van der Waals surface area contributed by atoms with Gasteiger partial charge in [-0.3, -0.25) is 5.10 Å². The van der Waals surface area contributed by atoms with E-state index in [1.54, 1.807) is 0 Å². The van der Waals surface area contributed by atoms with Gasteiger partial charge in [-0.2, -0.15) is 5.10 Å². The average molecular weight is 178 g/mol. The third-order valence-electron chi connectivity index (χ3n) is 3.10. The van der Waals surface area contributed by atoms with Gasteiger partial charge >= 0.3 is 0 Å². The van der Waals surface area contributed by atoms with Crippen LogP contribution >= 0.6 is 0 Å². The topological polar surface area (TPSA) is 28.7 Å². The van der Waals surface area contributed by atoms with Crippen molar-refractivity contribution in [3.05, 3.63) is 18.0 Å². The highest BCUT2D eigenvalue weighted by Crippen LogP contribution is 2.29. The number of nitrogens with zero attached hydrogens (tertiary/aromatic N) is 1. The highest BCUT2D eigenvalue weighted by molar-refractivity contribution is 5.10. The van der Waals surface area contributed by atoms with Crippen molar-refractivity contribution in [2.45, 2.75) is 50.9 Å². The van der Waals surface area contributed by atoms with E-state index in [-0.39, 0.29) is 0 Å².